The van der Waals surface area contributed by atoms with Gasteiger partial charge in [-0.3, -0.25) is 4.90 Å². The molecule has 13 heavy (non-hydrogen) atoms. The summed E-state index contributed by atoms with van der Waals surface area (Å²) in [5.41, 5.74) is 0. The average molecular weight is 184 g/mol. The zero-order valence-electron chi connectivity index (χ0n) is 9.00. The minimum atomic E-state index is 1.04. The van der Waals surface area contributed by atoms with E-state index in [4.69, 9.17) is 0 Å². The van der Waals surface area contributed by atoms with Crippen molar-refractivity contribution < 1.29 is 0 Å². The van der Waals surface area contributed by atoms with Crippen LogP contribution in [0.15, 0.2) is 0 Å². The zero-order valence-corrected chi connectivity index (χ0v) is 9.00. The molecule has 1 heterocycles. The van der Waals surface area contributed by atoms with E-state index in [-0.39, 0.29) is 0 Å². The Kier molecular flexibility index (Phi) is 5.35. The Bertz CT molecular complexity index is 117. The van der Waals surface area contributed by atoms with E-state index in [1.165, 1.54) is 39.3 Å². The van der Waals surface area contributed by atoms with Gasteiger partial charge in [0.05, 0.1) is 0 Å². The van der Waals surface area contributed by atoms with Crippen LogP contribution in [0.1, 0.15) is 13.8 Å². The van der Waals surface area contributed by atoms with E-state index in [0.29, 0.717) is 0 Å². The second kappa shape index (κ2) is 6.35. The van der Waals surface area contributed by atoms with Gasteiger partial charge in [-0.15, -0.1) is 0 Å². The summed E-state index contributed by atoms with van der Waals surface area (Å²) in [6, 6.07) is 0. The number of hydrogen-bond donors (Lipinski definition) is 0. The molecule has 1 radical (unpaired) electrons. The predicted molar refractivity (Wildman–Crippen MR) is 56.1 cm³/mol. The maximum Gasteiger partial charge on any atom is 0.0261 e. The van der Waals surface area contributed by atoms with Gasteiger partial charge in [0, 0.05) is 39.3 Å². The van der Waals surface area contributed by atoms with Crippen LogP contribution in [0.3, 0.4) is 0 Å². The maximum absolute atomic E-state index is 4.34. The summed E-state index contributed by atoms with van der Waals surface area (Å²) in [6.45, 7) is 13.7. The molecule has 0 amide bonds. The standard InChI is InChI=1S/C10H22N3/c1-3-12(4-2)9-10-13-7-5-11-6-8-13/h3-10H2,1-2H3. The fourth-order valence-electron chi connectivity index (χ4n) is 1.69. The molecule has 1 saturated heterocycles. The van der Waals surface area contributed by atoms with E-state index in [1.807, 2.05) is 0 Å². The number of piperazine rings is 1. The molecule has 0 N–H and O–H groups in total. The Balaban J connectivity index is 2.09. The van der Waals surface area contributed by atoms with Gasteiger partial charge in [0.25, 0.3) is 0 Å². The molecular weight excluding hydrogens is 162 g/mol. The molecule has 0 aliphatic carbocycles. The van der Waals surface area contributed by atoms with Crippen LogP contribution in [0.5, 0.6) is 0 Å². The third kappa shape index (κ3) is 4.07. The highest BCUT2D eigenvalue weighted by atomic mass is 15.2. The first-order valence-electron chi connectivity index (χ1n) is 5.44. The summed E-state index contributed by atoms with van der Waals surface area (Å²) < 4.78 is 0. The molecule has 0 aromatic heterocycles. The van der Waals surface area contributed by atoms with Crippen molar-refractivity contribution in [2.45, 2.75) is 13.8 Å². The Morgan fingerprint density at radius 1 is 1.15 bits per heavy atom. The van der Waals surface area contributed by atoms with E-state index < -0.39 is 0 Å². The van der Waals surface area contributed by atoms with Gasteiger partial charge in [0.1, 0.15) is 0 Å². The van der Waals surface area contributed by atoms with Crippen LogP contribution in [0.25, 0.3) is 0 Å². The second-order valence-corrected chi connectivity index (χ2v) is 3.54. The van der Waals surface area contributed by atoms with Gasteiger partial charge >= 0.3 is 0 Å². The molecule has 1 rings (SSSR count). The number of likely N-dealkylation sites (N-methyl/N-ethyl adjacent to an activating group) is 1. The summed E-state index contributed by atoms with van der Waals surface area (Å²) in [6.07, 6.45) is 0. The highest BCUT2D eigenvalue weighted by Crippen LogP contribution is 1.94. The molecule has 0 bridgehead atoms. The second-order valence-electron chi connectivity index (χ2n) is 3.54. The summed E-state index contributed by atoms with van der Waals surface area (Å²) in [5, 5.41) is 4.34. The lowest BCUT2D eigenvalue weighted by Gasteiger charge is -2.28. The van der Waals surface area contributed by atoms with Gasteiger partial charge in [-0.25, -0.2) is 5.32 Å². The van der Waals surface area contributed by atoms with Crippen molar-refractivity contribution in [1.29, 1.82) is 0 Å². The van der Waals surface area contributed by atoms with Gasteiger partial charge in [0.2, 0.25) is 0 Å². The molecule has 0 spiro atoms. The van der Waals surface area contributed by atoms with Crippen LogP contribution in [-0.4, -0.2) is 62.2 Å². The Morgan fingerprint density at radius 2 is 1.77 bits per heavy atom. The third-order valence-corrected chi connectivity index (χ3v) is 2.78. The molecule has 3 heteroatoms. The largest absolute Gasteiger partial charge is 0.303 e. The smallest absolute Gasteiger partial charge is 0.0261 e. The van der Waals surface area contributed by atoms with Crippen molar-refractivity contribution in [3.05, 3.63) is 0 Å². The third-order valence-electron chi connectivity index (χ3n) is 2.78. The van der Waals surface area contributed by atoms with Crippen LogP contribution < -0.4 is 5.32 Å². The van der Waals surface area contributed by atoms with Gasteiger partial charge in [0.15, 0.2) is 0 Å². The molecule has 1 fully saturated rings. The van der Waals surface area contributed by atoms with E-state index in [1.54, 1.807) is 0 Å². The molecule has 3 nitrogen and oxygen atoms in total. The summed E-state index contributed by atoms with van der Waals surface area (Å²) >= 11 is 0. The summed E-state index contributed by atoms with van der Waals surface area (Å²) in [5.74, 6) is 0. The highest BCUT2D eigenvalue weighted by Gasteiger charge is 2.10. The number of hydrogen-bond acceptors (Lipinski definition) is 2. The Morgan fingerprint density at radius 3 is 2.31 bits per heavy atom. The van der Waals surface area contributed by atoms with Crippen molar-refractivity contribution in [3.8, 4) is 0 Å². The number of nitrogens with zero attached hydrogens (tertiary/aromatic N) is 3. The zero-order chi connectivity index (χ0) is 9.52. The molecular formula is C10H22N3. The van der Waals surface area contributed by atoms with Crippen LogP contribution in [0.4, 0.5) is 0 Å². The molecule has 77 valence electrons. The SMILES string of the molecule is CCN(CC)CCN1CC[N]CC1. The molecule has 0 saturated carbocycles. The number of rotatable bonds is 5. The van der Waals surface area contributed by atoms with Gasteiger partial charge < -0.3 is 4.90 Å². The van der Waals surface area contributed by atoms with Crippen LogP contribution in [-0.2, 0) is 0 Å². The van der Waals surface area contributed by atoms with E-state index >= 15 is 0 Å². The molecule has 0 aromatic carbocycles. The first-order valence-corrected chi connectivity index (χ1v) is 5.44. The topological polar surface area (TPSA) is 20.6 Å². The lowest BCUT2D eigenvalue weighted by molar-refractivity contribution is 0.195. The molecule has 0 atom stereocenters. The van der Waals surface area contributed by atoms with Crippen LogP contribution in [0, 0.1) is 0 Å². The fraction of sp³-hybridized carbons (Fsp3) is 1.00. The van der Waals surface area contributed by atoms with Gasteiger partial charge in [-0.1, -0.05) is 13.8 Å². The minimum Gasteiger partial charge on any atom is -0.303 e. The monoisotopic (exact) mass is 184 g/mol. The molecule has 1 aliphatic rings. The van der Waals surface area contributed by atoms with Gasteiger partial charge in [-0.05, 0) is 13.1 Å². The maximum atomic E-state index is 4.34. The Labute approximate surface area is 82.1 Å². The van der Waals surface area contributed by atoms with Crippen LogP contribution in [0.2, 0.25) is 0 Å². The Hall–Kier alpha value is -0.120. The van der Waals surface area contributed by atoms with E-state index in [2.05, 4.69) is 29.0 Å². The molecule has 1 aliphatic heterocycles. The molecule has 0 unspecified atom stereocenters. The van der Waals surface area contributed by atoms with E-state index in [0.717, 1.165) is 13.1 Å². The lowest BCUT2D eigenvalue weighted by atomic mass is 10.3. The first kappa shape index (κ1) is 11.0. The molecule has 0 aromatic rings. The lowest BCUT2D eigenvalue weighted by Crippen LogP contribution is -2.43. The van der Waals surface area contributed by atoms with Gasteiger partial charge in [-0.2, -0.15) is 0 Å². The summed E-state index contributed by atoms with van der Waals surface area (Å²) in [4.78, 5) is 5.00. The van der Waals surface area contributed by atoms with Crippen LogP contribution >= 0.6 is 0 Å². The van der Waals surface area contributed by atoms with E-state index in [9.17, 15) is 0 Å². The highest BCUT2D eigenvalue weighted by molar-refractivity contribution is 4.68. The van der Waals surface area contributed by atoms with Crippen molar-refractivity contribution in [2.24, 2.45) is 0 Å². The van der Waals surface area contributed by atoms with Crippen molar-refractivity contribution in [1.82, 2.24) is 15.1 Å². The first-order chi connectivity index (χ1) is 6.36. The quantitative estimate of drug-likeness (QED) is 0.610. The van der Waals surface area contributed by atoms with Crippen molar-refractivity contribution >= 4 is 0 Å². The van der Waals surface area contributed by atoms with Crippen molar-refractivity contribution in [2.75, 3.05) is 52.4 Å². The predicted octanol–water partition coefficient (Wildman–Crippen LogP) is 0.248. The summed E-state index contributed by atoms with van der Waals surface area (Å²) in [7, 11) is 0. The van der Waals surface area contributed by atoms with Crippen molar-refractivity contribution in [3.63, 3.8) is 0 Å². The normalized spacial score (nSPS) is 19.6. The fourth-order valence-corrected chi connectivity index (χ4v) is 1.69. The minimum absolute atomic E-state index is 1.04. The average Bonchev–Trinajstić information content (AvgIpc) is 2.21.